The van der Waals surface area contributed by atoms with Crippen LogP contribution in [-0.2, 0) is 16.4 Å². The molecule has 2 aromatic rings. The molecule has 2 atom stereocenters. The Hall–Kier alpha value is -2.38. The van der Waals surface area contributed by atoms with Crippen LogP contribution < -0.4 is 9.62 Å². The van der Waals surface area contributed by atoms with Gasteiger partial charge < -0.3 is 10.4 Å². The van der Waals surface area contributed by atoms with E-state index in [4.69, 9.17) is 0 Å². The van der Waals surface area contributed by atoms with E-state index in [2.05, 4.69) is 5.32 Å². The van der Waals surface area contributed by atoms with Gasteiger partial charge in [0.05, 0.1) is 18.0 Å². The Morgan fingerprint density at radius 2 is 1.93 bits per heavy atom. The average molecular weight is 388 g/mol. The van der Waals surface area contributed by atoms with Crippen LogP contribution in [0.4, 0.5) is 5.69 Å². The molecule has 0 unspecified atom stereocenters. The monoisotopic (exact) mass is 388 g/mol. The zero-order chi connectivity index (χ0) is 19.8. The number of sulfonamides is 1. The van der Waals surface area contributed by atoms with Gasteiger partial charge in [-0.3, -0.25) is 9.10 Å². The van der Waals surface area contributed by atoms with Gasteiger partial charge in [0.15, 0.2) is 0 Å². The molecule has 7 heteroatoms. The molecule has 0 saturated carbocycles. The first kappa shape index (κ1) is 19.4. The highest BCUT2D eigenvalue weighted by atomic mass is 32.2. The minimum absolute atomic E-state index is 0.102. The number of aliphatic hydroxyl groups excluding tert-OH is 1. The van der Waals surface area contributed by atoms with Gasteiger partial charge in [-0.1, -0.05) is 29.8 Å². The van der Waals surface area contributed by atoms with Crippen LogP contribution in [0.1, 0.15) is 40.1 Å². The highest BCUT2D eigenvalue weighted by molar-refractivity contribution is 7.92. The summed E-state index contributed by atoms with van der Waals surface area (Å²) in [5, 5.41) is 13.0. The minimum Gasteiger partial charge on any atom is -0.387 e. The number of nitrogens with one attached hydrogen (secondary N) is 1. The number of nitrogens with zero attached hydrogens (tertiary/aromatic N) is 1. The highest BCUT2D eigenvalue weighted by Gasteiger charge is 2.32. The van der Waals surface area contributed by atoms with Crippen molar-refractivity contribution in [2.75, 3.05) is 17.1 Å². The molecule has 1 aliphatic heterocycles. The third kappa shape index (κ3) is 4.14. The molecule has 2 N–H and O–H groups in total. The molecule has 0 saturated heterocycles. The number of hydrogen-bond acceptors (Lipinski definition) is 4. The lowest BCUT2D eigenvalue weighted by Gasteiger charge is -2.22. The molecule has 0 aliphatic carbocycles. The number of hydrogen-bond donors (Lipinski definition) is 2. The smallest absolute Gasteiger partial charge is 0.251 e. The number of carbonyl (C=O) groups is 1. The number of anilines is 1. The second-order valence-corrected chi connectivity index (χ2v) is 8.95. The summed E-state index contributed by atoms with van der Waals surface area (Å²) in [6, 6.07) is 12.3. The molecule has 6 nitrogen and oxygen atoms in total. The van der Waals surface area contributed by atoms with Crippen molar-refractivity contribution >= 4 is 21.6 Å². The van der Waals surface area contributed by atoms with Crippen LogP contribution in [0, 0.1) is 6.92 Å². The van der Waals surface area contributed by atoms with Gasteiger partial charge >= 0.3 is 0 Å². The summed E-state index contributed by atoms with van der Waals surface area (Å²) in [6.45, 7) is 3.92. The molecule has 2 aromatic carbocycles. The third-order valence-electron chi connectivity index (χ3n) is 4.77. The summed E-state index contributed by atoms with van der Waals surface area (Å²) >= 11 is 0. The first-order valence-corrected chi connectivity index (χ1v) is 10.7. The summed E-state index contributed by atoms with van der Waals surface area (Å²) in [7, 11) is -3.35. The number of fused-ring (bicyclic) bond motifs is 1. The van der Waals surface area contributed by atoms with Gasteiger partial charge in [-0.05, 0) is 49.6 Å². The summed E-state index contributed by atoms with van der Waals surface area (Å²) < 4.78 is 25.3. The molecule has 0 spiro atoms. The number of amides is 1. The lowest BCUT2D eigenvalue weighted by Crippen LogP contribution is -2.34. The van der Waals surface area contributed by atoms with Gasteiger partial charge in [0, 0.05) is 18.2 Å². The van der Waals surface area contributed by atoms with Crippen LogP contribution in [0.3, 0.4) is 0 Å². The van der Waals surface area contributed by atoms with Crippen molar-refractivity contribution < 1.29 is 18.3 Å². The Balaban J connectivity index is 1.70. The molecular weight excluding hydrogens is 364 g/mol. The zero-order valence-electron chi connectivity index (χ0n) is 15.6. The van der Waals surface area contributed by atoms with Crippen molar-refractivity contribution in [2.45, 2.75) is 32.4 Å². The Morgan fingerprint density at radius 1 is 1.26 bits per heavy atom. The van der Waals surface area contributed by atoms with Gasteiger partial charge in [-0.15, -0.1) is 0 Å². The summed E-state index contributed by atoms with van der Waals surface area (Å²) in [4.78, 5) is 12.4. The predicted octanol–water partition coefficient (Wildman–Crippen LogP) is 2.17. The van der Waals surface area contributed by atoms with Crippen LogP contribution in [0.15, 0.2) is 42.5 Å². The normalized spacial score (nSPS) is 17.5. The van der Waals surface area contributed by atoms with Crippen LogP contribution in [0.25, 0.3) is 0 Å². The van der Waals surface area contributed by atoms with Crippen molar-refractivity contribution in [1.29, 1.82) is 0 Å². The lowest BCUT2D eigenvalue weighted by atomic mass is 10.1. The van der Waals surface area contributed by atoms with Crippen molar-refractivity contribution in [2.24, 2.45) is 0 Å². The molecule has 0 bridgehead atoms. The van der Waals surface area contributed by atoms with Crippen LogP contribution in [0.2, 0.25) is 0 Å². The molecule has 0 fully saturated rings. The molecule has 0 aromatic heterocycles. The molecule has 1 aliphatic rings. The fourth-order valence-corrected chi connectivity index (χ4v) is 4.71. The first-order chi connectivity index (χ1) is 12.7. The van der Waals surface area contributed by atoms with E-state index in [1.807, 2.05) is 38.1 Å². The van der Waals surface area contributed by atoms with E-state index in [0.717, 1.165) is 16.7 Å². The second kappa shape index (κ2) is 7.32. The topological polar surface area (TPSA) is 86.7 Å². The Labute approximate surface area is 159 Å². The van der Waals surface area contributed by atoms with E-state index in [1.54, 1.807) is 18.2 Å². The SMILES string of the molecule is Cc1ccc([C@H](O)CNC(=O)c2ccc3c(c2)C[C@H](C)N3S(C)(=O)=O)cc1. The largest absolute Gasteiger partial charge is 0.387 e. The summed E-state index contributed by atoms with van der Waals surface area (Å²) in [5.41, 5.74) is 3.76. The molecule has 1 amide bonds. The molecule has 0 radical (unpaired) electrons. The fourth-order valence-electron chi connectivity index (χ4n) is 3.45. The van der Waals surface area contributed by atoms with E-state index in [1.165, 1.54) is 10.6 Å². The van der Waals surface area contributed by atoms with Gasteiger partial charge in [-0.25, -0.2) is 8.42 Å². The number of benzene rings is 2. The summed E-state index contributed by atoms with van der Waals surface area (Å²) in [6.07, 6.45) is 0.964. The quantitative estimate of drug-likeness (QED) is 0.822. The highest BCUT2D eigenvalue weighted by Crippen LogP contribution is 2.34. The Morgan fingerprint density at radius 3 is 2.56 bits per heavy atom. The van der Waals surface area contributed by atoms with Gasteiger partial charge in [-0.2, -0.15) is 0 Å². The maximum absolute atomic E-state index is 12.4. The van der Waals surface area contributed by atoms with Crippen LogP contribution in [-0.4, -0.2) is 38.3 Å². The zero-order valence-corrected chi connectivity index (χ0v) is 16.5. The van der Waals surface area contributed by atoms with Crippen molar-refractivity contribution in [3.05, 3.63) is 64.7 Å². The molecule has 3 rings (SSSR count). The van der Waals surface area contributed by atoms with Crippen LogP contribution in [0.5, 0.6) is 0 Å². The number of carbonyl (C=O) groups excluding carboxylic acids is 1. The second-order valence-electron chi connectivity index (χ2n) is 7.09. The Kier molecular flexibility index (Phi) is 5.26. The maximum Gasteiger partial charge on any atom is 0.251 e. The molecule has 27 heavy (non-hydrogen) atoms. The molecule has 1 heterocycles. The molecule has 144 valence electrons. The van der Waals surface area contributed by atoms with E-state index in [-0.39, 0.29) is 18.5 Å². The number of rotatable bonds is 5. The predicted molar refractivity (Wildman–Crippen MR) is 105 cm³/mol. The average Bonchev–Trinajstić information content (AvgIpc) is 2.94. The minimum atomic E-state index is -3.35. The maximum atomic E-state index is 12.4. The third-order valence-corrected chi connectivity index (χ3v) is 6.04. The van der Waals surface area contributed by atoms with Gasteiger partial charge in [0.1, 0.15) is 0 Å². The van der Waals surface area contributed by atoms with Gasteiger partial charge in [0.2, 0.25) is 10.0 Å². The molecular formula is C20H24N2O4S. The van der Waals surface area contributed by atoms with E-state index in [0.29, 0.717) is 17.7 Å². The standard InChI is InChI=1S/C20H24N2O4S/c1-13-4-6-15(7-5-13)19(23)12-21-20(24)16-8-9-18-17(11-16)10-14(2)22(18)27(3,25)26/h4-9,11,14,19,23H,10,12H2,1-3H3,(H,21,24)/t14-,19+/m0/s1. The first-order valence-electron chi connectivity index (χ1n) is 8.82. The summed E-state index contributed by atoms with van der Waals surface area (Å²) in [5.74, 6) is -0.297. The fraction of sp³-hybridized carbons (Fsp3) is 0.350. The van der Waals surface area contributed by atoms with Crippen molar-refractivity contribution in [3.8, 4) is 0 Å². The van der Waals surface area contributed by atoms with Crippen LogP contribution >= 0.6 is 0 Å². The van der Waals surface area contributed by atoms with E-state index >= 15 is 0 Å². The van der Waals surface area contributed by atoms with Crippen molar-refractivity contribution in [3.63, 3.8) is 0 Å². The number of aryl methyl sites for hydroxylation is 1. The van der Waals surface area contributed by atoms with E-state index < -0.39 is 16.1 Å². The van der Waals surface area contributed by atoms with E-state index in [9.17, 15) is 18.3 Å². The lowest BCUT2D eigenvalue weighted by molar-refractivity contribution is 0.0916. The number of aliphatic hydroxyl groups is 1. The van der Waals surface area contributed by atoms with Gasteiger partial charge in [0.25, 0.3) is 5.91 Å². The van der Waals surface area contributed by atoms with Crippen molar-refractivity contribution in [1.82, 2.24) is 5.32 Å². The Bertz CT molecular complexity index is 954.